The molecule has 0 saturated carbocycles. The number of nitrogens with zero attached hydrogens (tertiary/aromatic N) is 4. The largest absolute Gasteiger partial charge is 0.452 e. The molecular weight excluding hydrogens is 212 g/mol. The van der Waals surface area contributed by atoms with Crippen LogP contribution in [0, 0.1) is 0 Å². The molecule has 2 aromatic heterocycles. The van der Waals surface area contributed by atoms with Crippen LogP contribution in [0.5, 0.6) is 0 Å². The molecule has 2 heterocycles. The second-order valence-corrected chi connectivity index (χ2v) is 2.87. The number of anilines is 1. The van der Waals surface area contributed by atoms with Gasteiger partial charge in [-0.3, -0.25) is 4.79 Å². The molecule has 2 aromatic rings. The molecular formula is C9H8N4O3. The first-order chi connectivity index (χ1) is 7.76. The maximum absolute atomic E-state index is 11.2. The lowest BCUT2D eigenvalue weighted by Crippen LogP contribution is -2.29. The summed E-state index contributed by atoms with van der Waals surface area (Å²) in [6.07, 6.45) is 2.72. The van der Waals surface area contributed by atoms with Gasteiger partial charge in [0, 0.05) is 18.3 Å². The number of fused-ring (bicyclic) bond motifs is 1. The number of rotatable bonds is 2. The number of ether oxygens (including phenoxy) is 1. The van der Waals surface area contributed by atoms with Crippen molar-refractivity contribution in [1.29, 1.82) is 0 Å². The van der Waals surface area contributed by atoms with Crippen molar-refractivity contribution < 1.29 is 14.3 Å². The van der Waals surface area contributed by atoms with E-state index in [-0.39, 0.29) is 5.82 Å². The third kappa shape index (κ3) is 1.58. The van der Waals surface area contributed by atoms with Crippen molar-refractivity contribution in [2.24, 2.45) is 0 Å². The minimum Gasteiger partial charge on any atom is -0.452 e. The van der Waals surface area contributed by atoms with E-state index >= 15 is 0 Å². The highest BCUT2D eigenvalue weighted by molar-refractivity contribution is 6.02. The van der Waals surface area contributed by atoms with Gasteiger partial charge in [0.2, 0.25) is 6.41 Å². The predicted molar refractivity (Wildman–Crippen MR) is 53.9 cm³/mol. The van der Waals surface area contributed by atoms with E-state index in [2.05, 4.69) is 14.8 Å². The van der Waals surface area contributed by atoms with Crippen molar-refractivity contribution in [2.75, 3.05) is 12.0 Å². The predicted octanol–water partition coefficient (Wildman–Crippen LogP) is 0.458. The van der Waals surface area contributed by atoms with Gasteiger partial charge in [0.1, 0.15) is 5.82 Å². The number of hydrogen-bond acceptors (Lipinski definition) is 5. The van der Waals surface area contributed by atoms with Gasteiger partial charge in [0.25, 0.3) is 0 Å². The molecule has 82 valence electrons. The average Bonchev–Trinajstić information content (AvgIpc) is 2.77. The van der Waals surface area contributed by atoms with Gasteiger partial charge < -0.3 is 4.74 Å². The van der Waals surface area contributed by atoms with Crippen molar-refractivity contribution in [2.45, 2.75) is 0 Å². The molecule has 0 N–H and O–H groups in total. The molecule has 0 radical (unpaired) electrons. The molecule has 0 aliphatic rings. The standard InChI is InChI=1S/C9H8N4O3/c1-16-9(15)12(6-14)7-3-5-13-8(11-7)2-4-10-13/h2-6H,1H3. The number of methoxy groups -OCH3 is 1. The minimum absolute atomic E-state index is 0.190. The zero-order valence-corrected chi connectivity index (χ0v) is 8.40. The summed E-state index contributed by atoms with van der Waals surface area (Å²) in [6, 6.07) is 3.15. The van der Waals surface area contributed by atoms with Crippen LogP contribution in [0.4, 0.5) is 10.6 Å². The monoisotopic (exact) mass is 220 g/mol. The Labute approximate surface area is 90.2 Å². The topological polar surface area (TPSA) is 76.8 Å². The molecule has 2 amide bonds. The van der Waals surface area contributed by atoms with E-state index in [0.29, 0.717) is 12.1 Å². The van der Waals surface area contributed by atoms with Gasteiger partial charge in [-0.15, -0.1) is 0 Å². The summed E-state index contributed by atoms with van der Waals surface area (Å²) in [7, 11) is 1.19. The fourth-order valence-corrected chi connectivity index (χ4v) is 1.23. The molecule has 2 rings (SSSR count). The van der Waals surface area contributed by atoms with Crippen LogP contribution in [-0.2, 0) is 9.53 Å². The second kappa shape index (κ2) is 3.97. The Morgan fingerprint density at radius 1 is 1.56 bits per heavy atom. The minimum atomic E-state index is -0.786. The number of amides is 2. The van der Waals surface area contributed by atoms with Crippen LogP contribution < -0.4 is 4.90 Å². The molecule has 0 spiro atoms. The Hall–Kier alpha value is -2.44. The van der Waals surface area contributed by atoms with E-state index in [1.165, 1.54) is 17.7 Å². The van der Waals surface area contributed by atoms with Crippen LogP contribution >= 0.6 is 0 Å². The van der Waals surface area contributed by atoms with Crippen molar-refractivity contribution in [3.63, 3.8) is 0 Å². The Bertz CT molecular complexity index is 536. The normalized spacial score (nSPS) is 10.1. The number of hydrogen-bond donors (Lipinski definition) is 0. The van der Waals surface area contributed by atoms with Gasteiger partial charge in [0.05, 0.1) is 13.3 Å². The molecule has 0 bridgehead atoms. The van der Waals surface area contributed by atoms with Crippen molar-refractivity contribution >= 4 is 24.0 Å². The Morgan fingerprint density at radius 2 is 2.38 bits per heavy atom. The third-order valence-corrected chi connectivity index (χ3v) is 1.97. The van der Waals surface area contributed by atoms with E-state index in [1.54, 1.807) is 18.5 Å². The zero-order valence-electron chi connectivity index (χ0n) is 8.40. The molecule has 0 aromatic carbocycles. The lowest BCUT2D eigenvalue weighted by atomic mass is 10.5. The molecule has 7 heteroatoms. The van der Waals surface area contributed by atoms with Gasteiger partial charge in [-0.05, 0) is 0 Å². The average molecular weight is 220 g/mol. The highest BCUT2D eigenvalue weighted by atomic mass is 16.5. The van der Waals surface area contributed by atoms with Crippen LogP contribution in [0.25, 0.3) is 5.65 Å². The maximum Gasteiger partial charge on any atom is 0.421 e. The van der Waals surface area contributed by atoms with Crippen LogP contribution in [0.3, 0.4) is 0 Å². The molecule has 16 heavy (non-hydrogen) atoms. The van der Waals surface area contributed by atoms with Crippen molar-refractivity contribution in [3.05, 3.63) is 24.5 Å². The molecule has 0 atom stereocenters. The third-order valence-electron chi connectivity index (χ3n) is 1.97. The highest BCUT2D eigenvalue weighted by Gasteiger charge is 2.16. The fourth-order valence-electron chi connectivity index (χ4n) is 1.23. The lowest BCUT2D eigenvalue weighted by Gasteiger charge is -2.12. The molecule has 0 aliphatic carbocycles. The lowest BCUT2D eigenvalue weighted by molar-refractivity contribution is -0.107. The molecule has 0 unspecified atom stereocenters. The molecule has 0 aliphatic heterocycles. The summed E-state index contributed by atoms with van der Waals surface area (Å²) in [5.74, 6) is 0.190. The van der Waals surface area contributed by atoms with Gasteiger partial charge in [-0.1, -0.05) is 0 Å². The maximum atomic E-state index is 11.2. The van der Waals surface area contributed by atoms with Crippen LogP contribution in [0.1, 0.15) is 0 Å². The van der Waals surface area contributed by atoms with Crippen molar-refractivity contribution in [1.82, 2.24) is 14.6 Å². The van der Waals surface area contributed by atoms with E-state index in [1.807, 2.05) is 0 Å². The molecule has 0 fully saturated rings. The summed E-state index contributed by atoms with van der Waals surface area (Å²) >= 11 is 0. The quantitative estimate of drug-likeness (QED) is 0.687. The summed E-state index contributed by atoms with van der Waals surface area (Å²) in [5, 5.41) is 3.94. The Morgan fingerprint density at radius 3 is 3.06 bits per heavy atom. The summed E-state index contributed by atoms with van der Waals surface area (Å²) in [5.41, 5.74) is 0.535. The number of aromatic nitrogens is 3. The van der Waals surface area contributed by atoms with Gasteiger partial charge in [0.15, 0.2) is 5.65 Å². The Kier molecular flexibility index (Phi) is 2.50. The van der Waals surface area contributed by atoms with E-state index < -0.39 is 6.09 Å². The van der Waals surface area contributed by atoms with Crippen molar-refractivity contribution in [3.8, 4) is 0 Å². The van der Waals surface area contributed by atoms with Gasteiger partial charge in [-0.25, -0.2) is 19.2 Å². The van der Waals surface area contributed by atoms with E-state index in [4.69, 9.17) is 0 Å². The second-order valence-electron chi connectivity index (χ2n) is 2.87. The van der Waals surface area contributed by atoms with E-state index in [9.17, 15) is 9.59 Å². The van der Waals surface area contributed by atoms with E-state index in [0.717, 1.165) is 4.90 Å². The first kappa shape index (κ1) is 10.1. The molecule has 0 saturated heterocycles. The summed E-state index contributed by atoms with van der Waals surface area (Å²) in [6.45, 7) is 0. The summed E-state index contributed by atoms with van der Waals surface area (Å²) < 4.78 is 5.96. The number of carbonyl (C=O) groups excluding carboxylic acids is 2. The van der Waals surface area contributed by atoms with Gasteiger partial charge in [-0.2, -0.15) is 5.10 Å². The van der Waals surface area contributed by atoms with Crippen LogP contribution in [0.2, 0.25) is 0 Å². The van der Waals surface area contributed by atoms with Crippen LogP contribution in [-0.4, -0.2) is 34.2 Å². The smallest absolute Gasteiger partial charge is 0.421 e. The highest BCUT2D eigenvalue weighted by Crippen LogP contribution is 2.11. The first-order valence-corrected chi connectivity index (χ1v) is 4.39. The summed E-state index contributed by atoms with van der Waals surface area (Å²) in [4.78, 5) is 26.8. The first-order valence-electron chi connectivity index (χ1n) is 4.39. The SMILES string of the molecule is COC(=O)N(C=O)c1ccn2nccc2n1. The number of carbonyl (C=O) groups is 2. The van der Waals surface area contributed by atoms with Crippen LogP contribution in [0.15, 0.2) is 24.5 Å². The zero-order chi connectivity index (χ0) is 11.5. The Balaban J connectivity index is 2.44. The molecule has 7 nitrogen and oxygen atoms in total. The fraction of sp³-hybridized carbons (Fsp3) is 0.111. The number of imide groups is 1. The van der Waals surface area contributed by atoms with Gasteiger partial charge >= 0.3 is 6.09 Å².